The predicted molar refractivity (Wildman–Crippen MR) is 80.5 cm³/mol. The van der Waals surface area contributed by atoms with Crippen LogP contribution in [0.15, 0.2) is 11.1 Å². The third-order valence-corrected chi connectivity index (χ3v) is 7.10. The minimum atomic E-state index is -3.49. The molecule has 0 aliphatic carbocycles. The van der Waals surface area contributed by atoms with Crippen molar-refractivity contribution in [1.82, 2.24) is 19.4 Å². The molecule has 0 radical (unpaired) electrons. The van der Waals surface area contributed by atoms with E-state index in [2.05, 4.69) is 17.3 Å². The van der Waals surface area contributed by atoms with Crippen molar-refractivity contribution in [3.05, 3.63) is 11.9 Å². The SMILES string of the molecule is Cc1nn(C)cc1S(=O)(=O)N1CCC[C@H]2NCCC[C@@]21C. The normalized spacial score (nSPS) is 31.1. The Labute approximate surface area is 126 Å². The number of rotatable bonds is 2. The number of hydrogen-bond donors (Lipinski definition) is 1. The maximum Gasteiger partial charge on any atom is 0.247 e. The van der Waals surface area contributed by atoms with Crippen LogP contribution in [0.1, 0.15) is 38.3 Å². The van der Waals surface area contributed by atoms with Gasteiger partial charge in [0, 0.05) is 31.4 Å². The first kappa shape index (κ1) is 15.0. The average molecular weight is 312 g/mol. The van der Waals surface area contributed by atoms with E-state index in [4.69, 9.17) is 0 Å². The molecule has 3 heterocycles. The molecule has 6 nitrogen and oxygen atoms in total. The maximum absolute atomic E-state index is 13.1. The minimum Gasteiger partial charge on any atom is -0.312 e. The van der Waals surface area contributed by atoms with Crippen molar-refractivity contribution in [1.29, 1.82) is 0 Å². The van der Waals surface area contributed by atoms with Crippen molar-refractivity contribution < 1.29 is 8.42 Å². The van der Waals surface area contributed by atoms with Gasteiger partial charge in [-0.1, -0.05) is 0 Å². The van der Waals surface area contributed by atoms with Gasteiger partial charge >= 0.3 is 0 Å². The van der Waals surface area contributed by atoms with Gasteiger partial charge in [-0.2, -0.15) is 9.40 Å². The van der Waals surface area contributed by atoms with Gasteiger partial charge in [-0.25, -0.2) is 8.42 Å². The van der Waals surface area contributed by atoms with Crippen molar-refractivity contribution in [2.45, 2.75) is 56.0 Å². The lowest BCUT2D eigenvalue weighted by atomic mass is 9.79. The third-order valence-electron chi connectivity index (χ3n) is 4.96. The van der Waals surface area contributed by atoms with Gasteiger partial charge in [0.1, 0.15) is 4.90 Å². The summed E-state index contributed by atoms with van der Waals surface area (Å²) in [5.74, 6) is 0. The third kappa shape index (κ3) is 2.31. The zero-order valence-electron chi connectivity index (χ0n) is 13.0. The molecule has 0 saturated carbocycles. The van der Waals surface area contributed by atoms with Crippen molar-refractivity contribution in [3.63, 3.8) is 0 Å². The van der Waals surface area contributed by atoms with Gasteiger partial charge in [0.15, 0.2) is 0 Å². The molecule has 1 N–H and O–H groups in total. The summed E-state index contributed by atoms with van der Waals surface area (Å²) in [6.07, 6.45) is 5.52. The summed E-state index contributed by atoms with van der Waals surface area (Å²) in [4.78, 5) is 0.345. The number of piperidine rings is 2. The summed E-state index contributed by atoms with van der Waals surface area (Å²) in [6, 6.07) is 0.256. The van der Waals surface area contributed by atoms with E-state index >= 15 is 0 Å². The zero-order valence-corrected chi connectivity index (χ0v) is 13.8. The molecule has 2 fully saturated rings. The molecule has 0 spiro atoms. The largest absolute Gasteiger partial charge is 0.312 e. The summed E-state index contributed by atoms with van der Waals surface area (Å²) in [5, 5.41) is 7.70. The predicted octanol–water partition coefficient (Wildman–Crippen LogP) is 1.02. The first-order chi connectivity index (χ1) is 9.85. The van der Waals surface area contributed by atoms with E-state index < -0.39 is 10.0 Å². The Bertz CT molecular complexity index is 637. The molecular formula is C14H24N4O2S. The van der Waals surface area contributed by atoms with Crippen LogP contribution >= 0.6 is 0 Å². The van der Waals surface area contributed by atoms with Gasteiger partial charge in [-0.05, 0) is 46.1 Å². The Morgan fingerprint density at radius 2 is 2.19 bits per heavy atom. The highest BCUT2D eigenvalue weighted by molar-refractivity contribution is 7.89. The lowest BCUT2D eigenvalue weighted by Crippen LogP contribution is -2.66. The van der Waals surface area contributed by atoms with E-state index in [1.54, 1.807) is 29.2 Å². The Kier molecular flexibility index (Phi) is 3.62. The molecule has 0 amide bonds. The van der Waals surface area contributed by atoms with Gasteiger partial charge in [0.05, 0.1) is 5.69 Å². The Morgan fingerprint density at radius 3 is 2.86 bits per heavy atom. The molecular weight excluding hydrogens is 288 g/mol. The van der Waals surface area contributed by atoms with Crippen LogP contribution in [0.4, 0.5) is 0 Å². The monoisotopic (exact) mass is 312 g/mol. The second kappa shape index (κ2) is 5.07. The van der Waals surface area contributed by atoms with Crippen LogP contribution in [0.2, 0.25) is 0 Å². The number of nitrogens with zero attached hydrogens (tertiary/aromatic N) is 3. The Hall–Kier alpha value is -0.920. The topological polar surface area (TPSA) is 67.2 Å². The van der Waals surface area contributed by atoms with Crippen LogP contribution in [0.3, 0.4) is 0 Å². The first-order valence-corrected chi connectivity index (χ1v) is 9.06. The summed E-state index contributed by atoms with van der Waals surface area (Å²) in [6.45, 7) is 5.44. The number of aryl methyl sites for hydroxylation is 2. The average Bonchev–Trinajstić information content (AvgIpc) is 2.77. The summed E-state index contributed by atoms with van der Waals surface area (Å²) >= 11 is 0. The highest BCUT2D eigenvalue weighted by Crippen LogP contribution is 2.38. The fourth-order valence-corrected chi connectivity index (χ4v) is 5.94. The lowest BCUT2D eigenvalue weighted by molar-refractivity contribution is 0.0710. The van der Waals surface area contributed by atoms with Crippen molar-refractivity contribution in [2.75, 3.05) is 13.1 Å². The molecule has 118 valence electrons. The Morgan fingerprint density at radius 1 is 1.43 bits per heavy atom. The lowest BCUT2D eigenvalue weighted by Gasteiger charge is -2.51. The van der Waals surface area contributed by atoms with E-state index in [0.29, 0.717) is 17.1 Å². The van der Waals surface area contributed by atoms with Crippen LogP contribution < -0.4 is 5.32 Å². The standard InChI is InChI=1S/C14H24N4O2S/c1-11-12(10-17(3)16-11)21(19,20)18-9-4-6-13-14(18,2)7-5-8-15-13/h10,13,15H,4-9H2,1-3H3/t13-,14+/m1/s1. The molecule has 3 rings (SSSR count). The molecule has 0 aromatic carbocycles. The zero-order chi connectivity index (χ0) is 15.3. The van der Waals surface area contributed by atoms with Gasteiger partial charge in [0.2, 0.25) is 10.0 Å². The van der Waals surface area contributed by atoms with Gasteiger partial charge in [-0.15, -0.1) is 0 Å². The molecule has 0 bridgehead atoms. The summed E-state index contributed by atoms with van der Waals surface area (Å²) in [7, 11) is -1.73. The summed E-state index contributed by atoms with van der Waals surface area (Å²) in [5.41, 5.74) is 0.254. The quantitative estimate of drug-likeness (QED) is 0.885. The second-order valence-corrected chi connectivity index (χ2v) is 8.27. The van der Waals surface area contributed by atoms with E-state index in [-0.39, 0.29) is 11.6 Å². The molecule has 2 aliphatic rings. The van der Waals surface area contributed by atoms with Gasteiger partial charge < -0.3 is 5.32 Å². The number of aromatic nitrogens is 2. The Balaban J connectivity index is 2.03. The molecule has 7 heteroatoms. The van der Waals surface area contributed by atoms with E-state index in [1.807, 2.05) is 0 Å². The number of hydrogen-bond acceptors (Lipinski definition) is 4. The minimum absolute atomic E-state index is 0.256. The van der Waals surface area contributed by atoms with Crippen LogP contribution in [-0.2, 0) is 17.1 Å². The summed E-state index contributed by atoms with van der Waals surface area (Å²) < 4.78 is 29.6. The number of sulfonamides is 1. The van der Waals surface area contributed by atoms with Crippen LogP contribution in [0.5, 0.6) is 0 Å². The van der Waals surface area contributed by atoms with Crippen molar-refractivity contribution in [2.24, 2.45) is 7.05 Å². The molecule has 2 aliphatic heterocycles. The van der Waals surface area contributed by atoms with Gasteiger partial charge in [0.25, 0.3) is 0 Å². The molecule has 21 heavy (non-hydrogen) atoms. The first-order valence-electron chi connectivity index (χ1n) is 7.62. The highest BCUT2D eigenvalue weighted by atomic mass is 32.2. The highest BCUT2D eigenvalue weighted by Gasteiger charge is 2.49. The fraction of sp³-hybridized carbons (Fsp3) is 0.786. The van der Waals surface area contributed by atoms with Crippen LogP contribution in [0, 0.1) is 6.92 Å². The molecule has 1 aromatic heterocycles. The van der Waals surface area contributed by atoms with Crippen molar-refractivity contribution in [3.8, 4) is 0 Å². The molecule has 2 atom stereocenters. The maximum atomic E-state index is 13.1. The second-order valence-electron chi connectivity index (χ2n) is 6.44. The van der Waals surface area contributed by atoms with E-state index in [1.165, 1.54) is 0 Å². The fourth-order valence-electron chi connectivity index (χ4n) is 3.87. The molecule has 0 unspecified atom stereocenters. The van der Waals surface area contributed by atoms with Crippen LogP contribution in [0.25, 0.3) is 0 Å². The number of nitrogens with one attached hydrogen (secondary N) is 1. The van der Waals surface area contributed by atoms with Gasteiger partial charge in [-0.3, -0.25) is 4.68 Å². The van der Waals surface area contributed by atoms with Crippen molar-refractivity contribution >= 4 is 10.0 Å². The van der Waals surface area contributed by atoms with Crippen LogP contribution in [-0.4, -0.2) is 47.2 Å². The molecule has 1 aromatic rings. The van der Waals surface area contributed by atoms with E-state index in [9.17, 15) is 8.42 Å². The molecule has 2 saturated heterocycles. The number of fused-ring (bicyclic) bond motifs is 1. The smallest absolute Gasteiger partial charge is 0.247 e. The van der Waals surface area contributed by atoms with E-state index in [0.717, 1.165) is 32.2 Å².